The molecule has 2 rings (SSSR count). The van der Waals surface area contributed by atoms with Gasteiger partial charge in [-0.2, -0.15) is 0 Å². The first-order valence-corrected chi connectivity index (χ1v) is 5.35. The maximum Gasteiger partial charge on any atom is 0.253 e. The van der Waals surface area contributed by atoms with Gasteiger partial charge >= 0.3 is 0 Å². The number of anilines is 1. The molecule has 4 heteroatoms. The molecule has 0 aromatic heterocycles. The van der Waals surface area contributed by atoms with E-state index < -0.39 is 12.2 Å². The van der Waals surface area contributed by atoms with Gasteiger partial charge < -0.3 is 15.2 Å². The zero-order valence-electron chi connectivity index (χ0n) is 9.14. The molecule has 0 radical (unpaired) electrons. The Balaban J connectivity index is 2.06. The molecular formula is C12H15NO3. The van der Waals surface area contributed by atoms with Gasteiger partial charge in [0.1, 0.15) is 6.10 Å². The summed E-state index contributed by atoms with van der Waals surface area (Å²) >= 11 is 0. The highest BCUT2D eigenvalue weighted by atomic mass is 16.5. The number of amides is 1. The minimum atomic E-state index is -0.551. The number of fused-ring (bicyclic) bond motifs is 1. The second-order valence-electron chi connectivity index (χ2n) is 4.02. The van der Waals surface area contributed by atoms with Crippen molar-refractivity contribution in [1.82, 2.24) is 0 Å². The van der Waals surface area contributed by atoms with Gasteiger partial charge in [0.2, 0.25) is 0 Å². The summed E-state index contributed by atoms with van der Waals surface area (Å²) in [7, 11) is 0. The Labute approximate surface area is 94.2 Å². The Morgan fingerprint density at radius 2 is 2.31 bits per heavy atom. The van der Waals surface area contributed by atoms with Gasteiger partial charge in [-0.3, -0.25) is 4.79 Å². The van der Waals surface area contributed by atoms with Crippen LogP contribution in [0.25, 0.3) is 0 Å². The van der Waals surface area contributed by atoms with Crippen molar-refractivity contribution in [3.8, 4) is 0 Å². The maximum absolute atomic E-state index is 11.7. The molecule has 1 heterocycles. The van der Waals surface area contributed by atoms with Crippen LogP contribution < -0.4 is 5.32 Å². The summed E-state index contributed by atoms with van der Waals surface area (Å²) in [5.74, 6) is -0.139. The molecule has 4 nitrogen and oxygen atoms in total. The molecule has 1 amide bonds. The molecule has 2 atom stereocenters. The fourth-order valence-electron chi connectivity index (χ4n) is 1.72. The number of aliphatic hydroxyl groups is 1. The average Bonchev–Trinajstić information content (AvgIpc) is 2.26. The molecule has 1 aliphatic heterocycles. The Hall–Kier alpha value is -1.39. The Kier molecular flexibility index (Phi) is 3.22. The molecule has 0 aliphatic carbocycles. The fraction of sp³-hybridized carbons (Fsp3) is 0.417. The van der Waals surface area contributed by atoms with Gasteiger partial charge in [-0.25, -0.2) is 0 Å². The Bertz CT molecular complexity index is 390. The molecule has 1 aromatic rings. The molecule has 1 aliphatic rings. The van der Waals surface area contributed by atoms with Crippen LogP contribution in [-0.4, -0.2) is 29.8 Å². The number of hydrogen-bond acceptors (Lipinski definition) is 3. The summed E-state index contributed by atoms with van der Waals surface area (Å²) in [4.78, 5) is 11.7. The van der Waals surface area contributed by atoms with E-state index in [1.54, 1.807) is 6.92 Å². The molecule has 1 aromatic carbocycles. The van der Waals surface area contributed by atoms with Crippen molar-refractivity contribution in [1.29, 1.82) is 0 Å². The number of benzene rings is 1. The van der Waals surface area contributed by atoms with Crippen molar-refractivity contribution in [2.24, 2.45) is 0 Å². The van der Waals surface area contributed by atoms with E-state index in [-0.39, 0.29) is 12.5 Å². The number of carbonyl (C=O) groups is 1. The SMILES string of the molecule is CC(O)COC1Cc2ccccc2NC1=O. The van der Waals surface area contributed by atoms with Crippen LogP contribution in [0.5, 0.6) is 0 Å². The van der Waals surface area contributed by atoms with Crippen molar-refractivity contribution in [2.75, 3.05) is 11.9 Å². The lowest BCUT2D eigenvalue weighted by molar-refractivity contribution is -0.129. The van der Waals surface area contributed by atoms with Gasteiger partial charge in [0.15, 0.2) is 0 Å². The Morgan fingerprint density at radius 3 is 3.06 bits per heavy atom. The summed E-state index contributed by atoms with van der Waals surface area (Å²) in [6.07, 6.45) is -0.483. The normalized spacial score (nSPS) is 21.1. The quantitative estimate of drug-likeness (QED) is 0.798. The molecule has 2 unspecified atom stereocenters. The second kappa shape index (κ2) is 4.63. The summed E-state index contributed by atoms with van der Waals surface area (Å²) in [5.41, 5.74) is 1.92. The molecule has 0 fully saturated rings. The number of aliphatic hydroxyl groups excluding tert-OH is 1. The van der Waals surface area contributed by atoms with Crippen LogP contribution in [0.15, 0.2) is 24.3 Å². The third-order valence-electron chi connectivity index (χ3n) is 2.51. The highest BCUT2D eigenvalue weighted by Crippen LogP contribution is 2.23. The van der Waals surface area contributed by atoms with E-state index >= 15 is 0 Å². The van der Waals surface area contributed by atoms with Gasteiger partial charge in [0.05, 0.1) is 12.7 Å². The van der Waals surface area contributed by atoms with E-state index in [1.807, 2.05) is 24.3 Å². The summed E-state index contributed by atoms with van der Waals surface area (Å²) < 4.78 is 5.35. The van der Waals surface area contributed by atoms with Crippen LogP contribution in [0.1, 0.15) is 12.5 Å². The topological polar surface area (TPSA) is 58.6 Å². The molecule has 0 saturated carbocycles. The first-order chi connectivity index (χ1) is 7.66. The molecule has 0 bridgehead atoms. The lowest BCUT2D eigenvalue weighted by Crippen LogP contribution is -2.37. The van der Waals surface area contributed by atoms with Crippen molar-refractivity contribution < 1.29 is 14.6 Å². The number of carbonyl (C=O) groups excluding carboxylic acids is 1. The van der Waals surface area contributed by atoms with Gasteiger partial charge in [0.25, 0.3) is 5.91 Å². The van der Waals surface area contributed by atoms with Crippen molar-refractivity contribution >= 4 is 11.6 Å². The van der Waals surface area contributed by atoms with Crippen LogP contribution in [0, 0.1) is 0 Å². The van der Waals surface area contributed by atoms with E-state index in [4.69, 9.17) is 9.84 Å². The molecule has 0 saturated heterocycles. The highest BCUT2D eigenvalue weighted by molar-refractivity contribution is 5.97. The first-order valence-electron chi connectivity index (χ1n) is 5.35. The number of para-hydroxylation sites is 1. The average molecular weight is 221 g/mol. The maximum atomic E-state index is 11.7. The standard InChI is InChI=1S/C12H15NO3/c1-8(14)7-16-11-6-9-4-2-3-5-10(9)13-12(11)15/h2-5,8,11,14H,6-7H2,1H3,(H,13,15). The van der Waals surface area contributed by atoms with E-state index in [9.17, 15) is 4.79 Å². The lowest BCUT2D eigenvalue weighted by atomic mass is 10.0. The molecule has 0 spiro atoms. The largest absolute Gasteiger partial charge is 0.391 e. The van der Waals surface area contributed by atoms with Crippen LogP contribution in [0.2, 0.25) is 0 Å². The van der Waals surface area contributed by atoms with Gasteiger partial charge in [-0.1, -0.05) is 18.2 Å². The smallest absolute Gasteiger partial charge is 0.253 e. The molecule has 86 valence electrons. The predicted octanol–water partition coefficient (Wildman–Crippen LogP) is 0.947. The van der Waals surface area contributed by atoms with Crippen LogP contribution in [-0.2, 0) is 16.0 Å². The monoisotopic (exact) mass is 221 g/mol. The predicted molar refractivity (Wildman–Crippen MR) is 60.2 cm³/mol. The zero-order valence-corrected chi connectivity index (χ0v) is 9.14. The zero-order chi connectivity index (χ0) is 11.5. The number of rotatable bonds is 3. The minimum absolute atomic E-state index is 0.139. The Morgan fingerprint density at radius 1 is 1.56 bits per heavy atom. The van der Waals surface area contributed by atoms with Crippen LogP contribution in [0.4, 0.5) is 5.69 Å². The van der Waals surface area contributed by atoms with Gasteiger partial charge in [0, 0.05) is 12.1 Å². The first kappa shape index (κ1) is 11.1. The third-order valence-corrected chi connectivity index (χ3v) is 2.51. The van der Waals surface area contributed by atoms with E-state index in [0.717, 1.165) is 11.3 Å². The number of nitrogens with one attached hydrogen (secondary N) is 1. The summed E-state index contributed by atoms with van der Waals surface area (Å²) in [6, 6.07) is 7.66. The third kappa shape index (κ3) is 2.40. The molecule has 2 N–H and O–H groups in total. The van der Waals surface area contributed by atoms with Crippen LogP contribution in [0.3, 0.4) is 0 Å². The highest BCUT2D eigenvalue weighted by Gasteiger charge is 2.26. The van der Waals surface area contributed by atoms with E-state index in [0.29, 0.717) is 6.42 Å². The molecule has 16 heavy (non-hydrogen) atoms. The van der Waals surface area contributed by atoms with Crippen molar-refractivity contribution in [2.45, 2.75) is 25.6 Å². The lowest BCUT2D eigenvalue weighted by Gasteiger charge is -2.25. The number of hydrogen-bond donors (Lipinski definition) is 2. The van der Waals surface area contributed by atoms with Crippen molar-refractivity contribution in [3.05, 3.63) is 29.8 Å². The fourth-order valence-corrected chi connectivity index (χ4v) is 1.72. The minimum Gasteiger partial charge on any atom is -0.391 e. The van der Waals surface area contributed by atoms with Gasteiger partial charge in [-0.15, -0.1) is 0 Å². The number of ether oxygens (including phenoxy) is 1. The van der Waals surface area contributed by atoms with Crippen molar-refractivity contribution in [3.63, 3.8) is 0 Å². The van der Waals surface area contributed by atoms with Crippen LogP contribution >= 0.6 is 0 Å². The van der Waals surface area contributed by atoms with Gasteiger partial charge in [-0.05, 0) is 18.6 Å². The summed E-state index contributed by atoms with van der Waals surface area (Å²) in [5, 5.41) is 11.9. The second-order valence-corrected chi connectivity index (χ2v) is 4.02. The van der Waals surface area contributed by atoms with E-state index in [2.05, 4.69) is 5.32 Å². The van der Waals surface area contributed by atoms with E-state index in [1.165, 1.54) is 0 Å². The molecular weight excluding hydrogens is 206 g/mol. The summed E-state index contributed by atoms with van der Waals surface area (Å²) in [6.45, 7) is 1.81.